The summed E-state index contributed by atoms with van der Waals surface area (Å²) < 4.78 is 64.8. The highest BCUT2D eigenvalue weighted by Crippen LogP contribution is 2.35. The van der Waals surface area contributed by atoms with Crippen LogP contribution in [0.25, 0.3) is 11.1 Å². The topological polar surface area (TPSA) is 106 Å². The molecule has 0 saturated carbocycles. The van der Waals surface area contributed by atoms with Crippen molar-refractivity contribution in [2.24, 2.45) is 0 Å². The molecule has 0 aliphatic rings. The molecule has 2 aromatic rings. The molecule has 1 aromatic carbocycles. The minimum Gasteiger partial charge on any atom is -0.399 e. The zero-order valence-electron chi connectivity index (χ0n) is 13.7. The molecule has 138 valence electrons. The standard InChI is InChI=1S/C16H14F3N3O3S/c1-9(2)14-7-12(10-3-5-11(21)6-4-10)13(8-20)15(22-14)25-26(23,24)16(17,18)19/h3-7,9H,21H2,1-2H3. The van der Waals surface area contributed by atoms with Gasteiger partial charge >= 0.3 is 15.6 Å². The summed E-state index contributed by atoms with van der Waals surface area (Å²) >= 11 is 0. The quantitative estimate of drug-likeness (QED) is 0.490. The number of alkyl halides is 3. The Kier molecular flexibility index (Phi) is 5.13. The van der Waals surface area contributed by atoms with Crippen molar-refractivity contribution >= 4 is 15.8 Å². The summed E-state index contributed by atoms with van der Waals surface area (Å²) in [5, 5.41) is 9.37. The van der Waals surface area contributed by atoms with Crippen LogP contribution in [0.1, 0.15) is 31.0 Å². The third-order valence-corrected chi connectivity index (χ3v) is 4.35. The first-order valence-electron chi connectivity index (χ1n) is 7.28. The largest absolute Gasteiger partial charge is 0.534 e. The molecule has 0 spiro atoms. The average Bonchev–Trinajstić information content (AvgIpc) is 2.53. The number of anilines is 1. The molecule has 2 N–H and O–H groups in total. The molecule has 6 nitrogen and oxygen atoms in total. The van der Waals surface area contributed by atoms with Crippen molar-refractivity contribution < 1.29 is 25.8 Å². The lowest BCUT2D eigenvalue weighted by Crippen LogP contribution is -2.28. The fraction of sp³-hybridized carbons (Fsp3) is 0.250. The van der Waals surface area contributed by atoms with Gasteiger partial charge in [0.2, 0.25) is 0 Å². The number of halogens is 3. The molecule has 0 aliphatic heterocycles. The van der Waals surface area contributed by atoms with Crippen molar-refractivity contribution in [3.63, 3.8) is 0 Å². The van der Waals surface area contributed by atoms with Crippen molar-refractivity contribution in [2.75, 3.05) is 5.73 Å². The van der Waals surface area contributed by atoms with Gasteiger partial charge in [-0.15, -0.1) is 0 Å². The number of nitriles is 1. The Balaban J connectivity index is 2.72. The SMILES string of the molecule is CC(C)c1cc(-c2ccc(N)cc2)c(C#N)c(OS(=O)(=O)C(F)(F)F)n1. The van der Waals surface area contributed by atoms with Gasteiger partial charge in [0.15, 0.2) is 0 Å². The summed E-state index contributed by atoms with van der Waals surface area (Å²) in [5.41, 5.74) is 0.901. The third kappa shape index (κ3) is 3.88. The Labute approximate surface area is 148 Å². The summed E-state index contributed by atoms with van der Waals surface area (Å²) in [5.74, 6) is -1.17. The van der Waals surface area contributed by atoms with Gasteiger partial charge in [-0.2, -0.15) is 26.9 Å². The Morgan fingerprint density at radius 2 is 1.81 bits per heavy atom. The van der Waals surface area contributed by atoms with Gasteiger partial charge in [-0.25, -0.2) is 4.98 Å². The molecule has 26 heavy (non-hydrogen) atoms. The summed E-state index contributed by atoms with van der Waals surface area (Å²) in [6, 6.07) is 9.36. The normalized spacial score (nSPS) is 12.0. The van der Waals surface area contributed by atoms with Crippen LogP contribution in [0.3, 0.4) is 0 Å². The Morgan fingerprint density at radius 3 is 2.27 bits per heavy atom. The molecule has 0 aliphatic carbocycles. The van der Waals surface area contributed by atoms with Gasteiger partial charge in [0.25, 0.3) is 5.88 Å². The second kappa shape index (κ2) is 6.84. The van der Waals surface area contributed by atoms with Crippen LogP contribution < -0.4 is 9.92 Å². The molecule has 0 fully saturated rings. The summed E-state index contributed by atoms with van der Waals surface area (Å²) in [7, 11) is -5.97. The smallest absolute Gasteiger partial charge is 0.399 e. The molecule has 0 amide bonds. The average molecular weight is 385 g/mol. The molecule has 1 aromatic heterocycles. The maximum atomic E-state index is 12.6. The van der Waals surface area contributed by atoms with E-state index in [2.05, 4.69) is 9.17 Å². The Bertz CT molecular complexity index is 963. The van der Waals surface area contributed by atoms with E-state index < -0.39 is 27.1 Å². The maximum absolute atomic E-state index is 12.6. The van der Waals surface area contributed by atoms with Gasteiger partial charge in [0.05, 0.1) is 0 Å². The molecule has 0 atom stereocenters. The van der Waals surface area contributed by atoms with Gasteiger partial charge in [-0.05, 0) is 29.7 Å². The van der Waals surface area contributed by atoms with E-state index in [1.54, 1.807) is 44.2 Å². The lowest BCUT2D eigenvalue weighted by atomic mass is 9.98. The molecule has 0 radical (unpaired) electrons. The lowest BCUT2D eigenvalue weighted by Gasteiger charge is -2.15. The van der Waals surface area contributed by atoms with E-state index in [0.717, 1.165) is 0 Å². The number of benzene rings is 1. The number of hydrogen-bond donors (Lipinski definition) is 1. The highest BCUT2D eigenvalue weighted by atomic mass is 32.2. The molecule has 0 bridgehead atoms. The van der Waals surface area contributed by atoms with Gasteiger partial charge in [0.1, 0.15) is 11.6 Å². The predicted octanol–water partition coefficient (Wildman–Crippen LogP) is 3.55. The number of rotatable bonds is 4. The van der Waals surface area contributed by atoms with Crippen LogP contribution in [0.2, 0.25) is 0 Å². The zero-order chi connectivity index (χ0) is 19.7. The van der Waals surface area contributed by atoms with E-state index in [0.29, 0.717) is 11.3 Å². The number of hydrogen-bond acceptors (Lipinski definition) is 6. The van der Waals surface area contributed by atoms with Crippen LogP contribution in [0.4, 0.5) is 18.9 Å². The third-order valence-electron chi connectivity index (χ3n) is 3.40. The van der Waals surface area contributed by atoms with E-state index in [1.165, 1.54) is 6.07 Å². The monoisotopic (exact) mass is 385 g/mol. The van der Waals surface area contributed by atoms with Crippen LogP contribution >= 0.6 is 0 Å². The van der Waals surface area contributed by atoms with E-state index >= 15 is 0 Å². The number of nitrogens with zero attached hydrogens (tertiary/aromatic N) is 2. The number of aromatic nitrogens is 1. The maximum Gasteiger partial charge on any atom is 0.534 e. The first-order chi connectivity index (χ1) is 12.0. The van der Waals surface area contributed by atoms with Crippen LogP contribution in [-0.2, 0) is 10.1 Å². The molecule has 1 heterocycles. The van der Waals surface area contributed by atoms with Gasteiger partial charge in [0, 0.05) is 16.9 Å². The summed E-state index contributed by atoms with van der Waals surface area (Å²) in [4.78, 5) is 3.80. The fourth-order valence-electron chi connectivity index (χ4n) is 2.05. The van der Waals surface area contributed by atoms with E-state index in [9.17, 15) is 26.9 Å². The van der Waals surface area contributed by atoms with Crippen molar-refractivity contribution in [3.8, 4) is 23.1 Å². The van der Waals surface area contributed by atoms with Crippen LogP contribution in [-0.4, -0.2) is 18.9 Å². The van der Waals surface area contributed by atoms with Gasteiger partial charge in [-0.3, -0.25) is 0 Å². The fourth-order valence-corrected chi connectivity index (χ4v) is 2.47. The number of nitrogen functional groups attached to an aromatic ring is 1. The van der Waals surface area contributed by atoms with E-state index in [4.69, 9.17) is 5.73 Å². The first-order valence-corrected chi connectivity index (χ1v) is 8.69. The summed E-state index contributed by atoms with van der Waals surface area (Å²) in [6.45, 7) is 3.42. The van der Waals surface area contributed by atoms with Crippen LogP contribution in [0.15, 0.2) is 30.3 Å². The molecule has 0 unspecified atom stereocenters. The van der Waals surface area contributed by atoms with Gasteiger partial charge < -0.3 is 9.92 Å². The molecular formula is C16H14F3N3O3S. The second-order valence-electron chi connectivity index (χ2n) is 5.65. The van der Waals surface area contributed by atoms with Crippen molar-refractivity contribution in [1.82, 2.24) is 4.98 Å². The highest BCUT2D eigenvalue weighted by Gasteiger charge is 2.49. The Morgan fingerprint density at radius 1 is 1.23 bits per heavy atom. The van der Waals surface area contributed by atoms with Crippen molar-refractivity contribution in [3.05, 3.63) is 41.6 Å². The lowest BCUT2D eigenvalue weighted by molar-refractivity contribution is -0.0501. The summed E-state index contributed by atoms with van der Waals surface area (Å²) in [6.07, 6.45) is 0. The Hall–Kier alpha value is -2.80. The minimum atomic E-state index is -5.97. The van der Waals surface area contributed by atoms with Crippen LogP contribution in [0, 0.1) is 11.3 Å². The van der Waals surface area contributed by atoms with E-state index in [1.807, 2.05) is 0 Å². The zero-order valence-corrected chi connectivity index (χ0v) is 14.5. The van der Waals surface area contributed by atoms with Crippen molar-refractivity contribution in [1.29, 1.82) is 5.26 Å². The van der Waals surface area contributed by atoms with E-state index in [-0.39, 0.29) is 17.2 Å². The number of nitrogens with two attached hydrogens (primary N) is 1. The molecule has 2 rings (SSSR count). The van der Waals surface area contributed by atoms with Crippen molar-refractivity contribution in [2.45, 2.75) is 25.3 Å². The van der Waals surface area contributed by atoms with Crippen LogP contribution in [0.5, 0.6) is 5.88 Å². The number of pyridine rings is 1. The molecule has 10 heteroatoms. The molecule has 0 saturated heterocycles. The minimum absolute atomic E-state index is 0.193. The predicted molar refractivity (Wildman–Crippen MR) is 88.5 cm³/mol. The highest BCUT2D eigenvalue weighted by molar-refractivity contribution is 7.87. The second-order valence-corrected chi connectivity index (χ2v) is 7.18. The first kappa shape index (κ1) is 19.5. The van der Waals surface area contributed by atoms with Gasteiger partial charge in [-0.1, -0.05) is 26.0 Å². The molecular weight excluding hydrogens is 371 g/mol.